The summed E-state index contributed by atoms with van der Waals surface area (Å²) in [4.78, 5) is 20.7. The van der Waals surface area contributed by atoms with Crippen LogP contribution >= 0.6 is 11.6 Å². The van der Waals surface area contributed by atoms with Crippen LogP contribution in [0.3, 0.4) is 0 Å². The van der Waals surface area contributed by atoms with Gasteiger partial charge in [0.05, 0.1) is 7.11 Å². The normalized spacial score (nSPS) is 14.5. The number of carbonyl (C=O) groups is 1. The van der Waals surface area contributed by atoms with Gasteiger partial charge in [-0.2, -0.15) is 0 Å². The van der Waals surface area contributed by atoms with Gasteiger partial charge in [0.15, 0.2) is 5.96 Å². The summed E-state index contributed by atoms with van der Waals surface area (Å²) in [6.45, 7) is 3.61. The lowest BCUT2D eigenvalue weighted by atomic mass is 10.1. The number of rotatable bonds is 7. The Morgan fingerprint density at radius 3 is 2.40 bits per heavy atom. The van der Waals surface area contributed by atoms with E-state index in [1.54, 1.807) is 7.11 Å². The third-order valence-electron chi connectivity index (χ3n) is 5.09. The topological polar surface area (TPSA) is 83.2 Å². The van der Waals surface area contributed by atoms with Crippen LogP contribution in [0.15, 0.2) is 53.5 Å². The molecule has 1 fully saturated rings. The second-order valence-electron chi connectivity index (χ2n) is 7.07. The number of benzene rings is 2. The highest BCUT2D eigenvalue weighted by atomic mass is 35.5. The van der Waals surface area contributed by atoms with E-state index in [0.29, 0.717) is 19.6 Å². The quantitative estimate of drug-likeness (QED) is 0.520. The lowest BCUT2D eigenvalue weighted by Gasteiger charge is -2.36. The maximum Gasteiger partial charge on any atom is 0.244 e. The summed E-state index contributed by atoms with van der Waals surface area (Å²) < 4.78 is 5.15. The van der Waals surface area contributed by atoms with Gasteiger partial charge in [0, 0.05) is 43.4 Å². The molecular weight excluding hydrogens is 402 g/mol. The van der Waals surface area contributed by atoms with Gasteiger partial charge in [0.1, 0.15) is 12.3 Å². The molecule has 30 heavy (non-hydrogen) atoms. The molecule has 0 aromatic heterocycles. The van der Waals surface area contributed by atoms with Crippen molar-refractivity contribution in [2.75, 3.05) is 51.3 Å². The number of nitrogens with two attached hydrogens (primary N) is 1. The highest BCUT2D eigenvalue weighted by molar-refractivity contribution is 6.30. The van der Waals surface area contributed by atoms with Crippen LogP contribution in [0.2, 0.25) is 5.02 Å². The number of aliphatic imine (C=N–C) groups is 1. The Kier molecular flexibility index (Phi) is 7.79. The van der Waals surface area contributed by atoms with Crippen molar-refractivity contribution in [1.82, 2.24) is 10.2 Å². The second-order valence-corrected chi connectivity index (χ2v) is 7.51. The molecule has 0 aliphatic carbocycles. The molecule has 0 bridgehead atoms. The van der Waals surface area contributed by atoms with Crippen LogP contribution in [0.5, 0.6) is 5.75 Å². The zero-order valence-corrected chi connectivity index (χ0v) is 17.9. The van der Waals surface area contributed by atoms with E-state index in [-0.39, 0.29) is 18.4 Å². The largest absolute Gasteiger partial charge is 0.497 e. The Labute approximate surface area is 182 Å². The van der Waals surface area contributed by atoms with Crippen molar-refractivity contribution in [2.24, 2.45) is 10.7 Å². The number of guanidine groups is 1. The van der Waals surface area contributed by atoms with E-state index in [9.17, 15) is 4.79 Å². The number of halogens is 1. The molecule has 7 nitrogen and oxygen atoms in total. The van der Waals surface area contributed by atoms with E-state index in [2.05, 4.69) is 15.2 Å². The molecule has 0 unspecified atom stereocenters. The Bertz CT molecular complexity index is 847. The molecule has 1 amide bonds. The SMILES string of the molecule is COc1ccc(CCNC(N)=NCC(=O)N2CCN(c3ccc(Cl)cc3)CC2)cc1. The van der Waals surface area contributed by atoms with Gasteiger partial charge in [0.25, 0.3) is 0 Å². The van der Waals surface area contributed by atoms with Gasteiger partial charge in [-0.25, -0.2) is 4.99 Å². The number of nitrogens with zero attached hydrogens (tertiary/aromatic N) is 3. The summed E-state index contributed by atoms with van der Waals surface area (Å²) in [5.41, 5.74) is 8.19. The van der Waals surface area contributed by atoms with Crippen LogP contribution in [-0.4, -0.2) is 63.1 Å². The highest BCUT2D eigenvalue weighted by Gasteiger charge is 2.21. The molecule has 0 spiro atoms. The van der Waals surface area contributed by atoms with Crippen LogP contribution in [0.1, 0.15) is 5.56 Å². The summed E-state index contributed by atoms with van der Waals surface area (Å²) in [7, 11) is 1.65. The zero-order valence-electron chi connectivity index (χ0n) is 17.2. The van der Waals surface area contributed by atoms with Crippen LogP contribution in [0, 0.1) is 0 Å². The lowest BCUT2D eigenvalue weighted by molar-refractivity contribution is -0.129. The van der Waals surface area contributed by atoms with E-state index < -0.39 is 0 Å². The number of nitrogens with one attached hydrogen (secondary N) is 1. The maximum atomic E-state index is 12.4. The minimum atomic E-state index is -0.00865. The Morgan fingerprint density at radius 2 is 1.77 bits per heavy atom. The molecule has 2 aromatic carbocycles. The van der Waals surface area contributed by atoms with Gasteiger partial charge in [-0.15, -0.1) is 0 Å². The number of methoxy groups -OCH3 is 1. The van der Waals surface area contributed by atoms with Gasteiger partial charge in [-0.3, -0.25) is 4.79 Å². The maximum absolute atomic E-state index is 12.4. The van der Waals surface area contributed by atoms with Crippen molar-refractivity contribution in [3.63, 3.8) is 0 Å². The van der Waals surface area contributed by atoms with E-state index in [1.165, 1.54) is 5.56 Å². The van der Waals surface area contributed by atoms with Gasteiger partial charge in [-0.1, -0.05) is 23.7 Å². The summed E-state index contributed by atoms with van der Waals surface area (Å²) in [5, 5.41) is 3.78. The minimum absolute atomic E-state index is 0.00865. The average Bonchev–Trinajstić information content (AvgIpc) is 2.78. The Morgan fingerprint density at radius 1 is 1.10 bits per heavy atom. The third-order valence-corrected chi connectivity index (χ3v) is 5.34. The van der Waals surface area contributed by atoms with Crippen molar-refractivity contribution < 1.29 is 9.53 Å². The molecule has 1 heterocycles. The molecule has 8 heteroatoms. The first kappa shape index (κ1) is 21.8. The van der Waals surface area contributed by atoms with E-state index in [4.69, 9.17) is 22.1 Å². The summed E-state index contributed by atoms with van der Waals surface area (Å²) in [6.07, 6.45) is 0.806. The number of carbonyl (C=O) groups excluding carboxylic acids is 1. The van der Waals surface area contributed by atoms with E-state index in [0.717, 1.165) is 36.0 Å². The molecule has 3 N–H and O–H groups in total. The van der Waals surface area contributed by atoms with E-state index in [1.807, 2.05) is 53.4 Å². The fourth-order valence-corrected chi connectivity index (χ4v) is 3.43. The smallest absolute Gasteiger partial charge is 0.244 e. The number of piperazine rings is 1. The first-order valence-electron chi connectivity index (χ1n) is 10.00. The van der Waals surface area contributed by atoms with Crippen molar-refractivity contribution in [3.05, 3.63) is 59.1 Å². The van der Waals surface area contributed by atoms with Crippen molar-refractivity contribution in [1.29, 1.82) is 0 Å². The number of anilines is 1. The Balaban J connectivity index is 1.37. The van der Waals surface area contributed by atoms with Crippen LogP contribution in [0.4, 0.5) is 5.69 Å². The van der Waals surface area contributed by atoms with E-state index >= 15 is 0 Å². The predicted octanol–water partition coefficient (Wildman–Crippen LogP) is 2.14. The molecule has 0 atom stereocenters. The monoisotopic (exact) mass is 429 g/mol. The molecule has 3 rings (SSSR count). The Hall–Kier alpha value is -2.93. The first-order chi connectivity index (χ1) is 14.5. The van der Waals surface area contributed by atoms with Crippen LogP contribution < -0.4 is 20.7 Å². The summed E-state index contributed by atoms with van der Waals surface area (Å²) in [5.74, 6) is 1.11. The zero-order chi connectivity index (χ0) is 21.3. The fraction of sp³-hybridized carbons (Fsp3) is 0.364. The minimum Gasteiger partial charge on any atom is -0.497 e. The molecule has 0 radical (unpaired) electrons. The second kappa shape index (κ2) is 10.7. The summed E-state index contributed by atoms with van der Waals surface area (Å²) in [6, 6.07) is 15.7. The molecule has 0 saturated carbocycles. The average molecular weight is 430 g/mol. The molecule has 2 aromatic rings. The fourth-order valence-electron chi connectivity index (χ4n) is 3.30. The number of hydrogen-bond acceptors (Lipinski definition) is 4. The number of amides is 1. The predicted molar refractivity (Wildman–Crippen MR) is 121 cm³/mol. The van der Waals surface area contributed by atoms with Gasteiger partial charge >= 0.3 is 0 Å². The van der Waals surface area contributed by atoms with Gasteiger partial charge in [0.2, 0.25) is 5.91 Å². The summed E-state index contributed by atoms with van der Waals surface area (Å²) >= 11 is 5.95. The van der Waals surface area contributed by atoms with Crippen molar-refractivity contribution in [2.45, 2.75) is 6.42 Å². The van der Waals surface area contributed by atoms with Gasteiger partial charge in [-0.05, 0) is 48.4 Å². The van der Waals surface area contributed by atoms with Crippen LogP contribution in [-0.2, 0) is 11.2 Å². The number of ether oxygens (including phenoxy) is 1. The highest BCUT2D eigenvalue weighted by Crippen LogP contribution is 2.19. The van der Waals surface area contributed by atoms with Crippen molar-refractivity contribution in [3.8, 4) is 5.75 Å². The standard InChI is InChI=1S/C22H28ClN5O2/c1-30-20-8-2-17(3-9-20)10-11-25-22(24)26-16-21(29)28-14-12-27(13-15-28)19-6-4-18(23)5-7-19/h2-9H,10-16H2,1H3,(H3,24,25,26). The molecule has 160 valence electrons. The lowest BCUT2D eigenvalue weighted by Crippen LogP contribution is -2.49. The molecule has 1 aliphatic heterocycles. The number of hydrogen-bond donors (Lipinski definition) is 2. The molecular formula is C22H28ClN5O2. The van der Waals surface area contributed by atoms with Crippen molar-refractivity contribution >= 4 is 29.2 Å². The first-order valence-corrected chi connectivity index (χ1v) is 10.4. The van der Waals surface area contributed by atoms with Gasteiger partial charge < -0.3 is 25.6 Å². The molecule has 1 saturated heterocycles. The third kappa shape index (κ3) is 6.29. The molecule has 1 aliphatic rings. The van der Waals surface area contributed by atoms with Crippen LogP contribution in [0.25, 0.3) is 0 Å².